The molecule has 0 saturated carbocycles. The highest BCUT2D eigenvalue weighted by atomic mass is 35.5. The Morgan fingerprint density at radius 2 is 2.00 bits per heavy atom. The van der Waals surface area contributed by atoms with Crippen molar-refractivity contribution < 1.29 is 8.42 Å². The number of pyridine rings is 1. The smallest absolute Gasteiger partial charge is 0.266 e. The molecule has 1 aromatic rings. The van der Waals surface area contributed by atoms with Crippen LogP contribution in [-0.4, -0.2) is 56.3 Å². The van der Waals surface area contributed by atoms with Crippen molar-refractivity contribution >= 4 is 21.6 Å². The summed E-state index contributed by atoms with van der Waals surface area (Å²) in [5.74, 6) is 0.519. The topological polar surface area (TPSA) is 73.5 Å². The van der Waals surface area contributed by atoms with Gasteiger partial charge in [0.15, 0.2) is 0 Å². The summed E-state index contributed by atoms with van der Waals surface area (Å²) in [4.78, 5) is 15.7. The molecule has 0 spiro atoms. The number of piperidine rings is 1. The minimum absolute atomic E-state index is 0.0400. The molecular formula is C13H20ClN3O3S. The number of H-pyrrole nitrogens is 1. The van der Waals surface area contributed by atoms with Gasteiger partial charge in [0.25, 0.3) is 5.56 Å². The van der Waals surface area contributed by atoms with Gasteiger partial charge in [0.1, 0.15) is 5.02 Å². The molecular weight excluding hydrogens is 314 g/mol. The van der Waals surface area contributed by atoms with Gasteiger partial charge < -0.3 is 9.88 Å². The Balaban J connectivity index is 2.11. The molecule has 0 atom stereocenters. The predicted molar refractivity (Wildman–Crippen MR) is 82.1 cm³/mol. The van der Waals surface area contributed by atoms with Crippen LogP contribution in [0.15, 0.2) is 22.0 Å². The molecule has 1 saturated heterocycles. The van der Waals surface area contributed by atoms with Gasteiger partial charge in [0.05, 0.1) is 4.90 Å². The number of sulfonamides is 1. The number of aromatic amines is 1. The normalized spacial score (nSPS) is 18.3. The predicted octanol–water partition coefficient (Wildman–Crippen LogP) is 0.991. The second-order valence-corrected chi connectivity index (χ2v) is 7.97. The molecule has 0 aliphatic carbocycles. The summed E-state index contributed by atoms with van der Waals surface area (Å²) in [6.07, 6.45) is 2.89. The zero-order valence-corrected chi connectivity index (χ0v) is 13.7. The molecule has 1 aliphatic rings. The monoisotopic (exact) mass is 333 g/mol. The average molecular weight is 334 g/mol. The number of halogens is 1. The second-order valence-electron chi connectivity index (χ2n) is 5.62. The number of aromatic nitrogens is 1. The highest BCUT2D eigenvalue weighted by Gasteiger charge is 2.30. The van der Waals surface area contributed by atoms with Crippen molar-refractivity contribution in [2.45, 2.75) is 17.7 Å². The minimum atomic E-state index is -3.59. The van der Waals surface area contributed by atoms with Gasteiger partial charge in [0.2, 0.25) is 10.0 Å². The van der Waals surface area contributed by atoms with Gasteiger partial charge in [-0.25, -0.2) is 8.42 Å². The van der Waals surface area contributed by atoms with Crippen LogP contribution in [0.2, 0.25) is 5.02 Å². The summed E-state index contributed by atoms with van der Waals surface area (Å²) in [6, 6.07) is 1.21. The molecule has 0 unspecified atom stereocenters. The quantitative estimate of drug-likeness (QED) is 0.891. The van der Waals surface area contributed by atoms with Crippen molar-refractivity contribution in [1.29, 1.82) is 0 Å². The molecule has 2 rings (SSSR count). The first-order valence-corrected chi connectivity index (χ1v) is 8.65. The molecule has 2 heterocycles. The Morgan fingerprint density at radius 1 is 1.38 bits per heavy atom. The van der Waals surface area contributed by atoms with Crippen LogP contribution in [0.3, 0.4) is 0 Å². The van der Waals surface area contributed by atoms with Crippen molar-refractivity contribution in [2.24, 2.45) is 5.92 Å². The van der Waals surface area contributed by atoms with Crippen LogP contribution in [0, 0.1) is 5.92 Å². The number of hydrogen-bond donors (Lipinski definition) is 1. The van der Waals surface area contributed by atoms with Gasteiger partial charge in [-0.15, -0.1) is 0 Å². The Morgan fingerprint density at radius 3 is 2.52 bits per heavy atom. The second kappa shape index (κ2) is 6.48. The first kappa shape index (κ1) is 16.5. The van der Waals surface area contributed by atoms with E-state index in [-0.39, 0.29) is 9.92 Å². The summed E-state index contributed by atoms with van der Waals surface area (Å²) >= 11 is 5.71. The van der Waals surface area contributed by atoms with Crippen molar-refractivity contribution in [3.05, 3.63) is 27.6 Å². The summed E-state index contributed by atoms with van der Waals surface area (Å²) in [6.45, 7) is 1.97. The van der Waals surface area contributed by atoms with Gasteiger partial charge in [-0.3, -0.25) is 4.79 Å². The molecule has 0 radical (unpaired) electrons. The fourth-order valence-corrected chi connectivity index (χ4v) is 4.29. The lowest BCUT2D eigenvalue weighted by molar-refractivity contribution is 0.225. The zero-order chi connectivity index (χ0) is 15.6. The zero-order valence-electron chi connectivity index (χ0n) is 12.2. The first-order chi connectivity index (χ1) is 9.80. The van der Waals surface area contributed by atoms with Crippen LogP contribution in [0.4, 0.5) is 0 Å². The van der Waals surface area contributed by atoms with Gasteiger partial charge in [-0.1, -0.05) is 11.6 Å². The fourth-order valence-electron chi connectivity index (χ4n) is 2.58. The van der Waals surface area contributed by atoms with E-state index < -0.39 is 15.6 Å². The highest BCUT2D eigenvalue weighted by Crippen LogP contribution is 2.24. The van der Waals surface area contributed by atoms with E-state index in [1.807, 2.05) is 14.1 Å². The lowest BCUT2D eigenvalue weighted by Crippen LogP contribution is -2.40. The molecule has 0 aromatic carbocycles. The third-order valence-corrected chi connectivity index (χ3v) is 5.82. The summed E-state index contributed by atoms with van der Waals surface area (Å²) in [5.41, 5.74) is -0.486. The van der Waals surface area contributed by atoms with E-state index in [1.54, 1.807) is 0 Å². The molecule has 6 nitrogen and oxygen atoms in total. The Kier molecular flexibility index (Phi) is 5.08. The lowest BCUT2D eigenvalue weighted by Gasteiger charge is -2.32. The third-order valence-electron chi connectivity index (χ3n) is 3.67. The number of nitrogens with zero attached hydrogens (tertiary/aromatic N) is 2. The van der Waals surface area contributed by atoms with Crippen LogP contribution in [0.1, 0.15) is 12.8 Å². The van der Waals surface area contributed by atoms with Crippen LogP contribution < -0.4 is 5.56 Å². The van der Waals surface area contributed by atoms with E-state index in [9.17, 15) is 13.2 Å². The SMILES string of the molecule is CN(C)CC1CCN(S(=O)(=O)c2c[nH]c(=O)c(Cl)c2)CC1. The lowest BCUT2D eigenvalue weighted by atomic mass is 9.98. The molecule has 1 N–H and O–H groups in total. The Bertz CT molecular complexity index is 649. The summed E-state index contributed by atoms with van der Waals surface area (Å²) in [5, 5.41) is -0.112. The molecule has 118 valence electrons. The van der Waals surface area contributed by atoms with E-state index in [2.05, 4.69) is 9.88 Å². The van der Waals surface area contributed by atoms with Crippen LogP contribution in [-0.2, 0) is 10.0 Å². The number of hydrogen-bond acceptors (Lipinski definition) is 4. The molecule has 0 bridgehead atoms. The van der Waals surface area contributed by atoms with Crippen LogP contribution in [0.25, 0.3) is 0 Å². The maximum Gasteiger partial charge on any atom is 0.266 e. The van der Waals surface area contributed by atoms with Gasteiger partial charge >= 0.3 is 0 Å². The van der Waals surface area contributed by atoms with E-state index in [1.165, 1.54) is 16.6 Å². The molecule has 0 amide bonds. The maximum absolute atomic E-state index is 12.5. The van der Waals surface area contributed by atoms with E-state index in [0.717, 1.165) is 19.4 Å². The Labute approximate surface area is 129 Å². The highest BCUT2D eigenvalue weighted by molar-refractivity contribution is 7.89. The standard InChI is InChI=1S/C13H20ClN3O3S/c1-16(2)9-10-3-5-17(6-4-10)21(19,20)11-7-12(14)13(18)15-8-11/h7-8,10H,3-6,9H2,1-2H3,(H,15,18). The van der Waals surface area contributed by atoms with Gasteiger partial charge in [0, 0.05) is 25.8 Å². The number of rotatable bonds is 4. The molecule has 21 heavy (non-hydrogen) atoms. The van der Waals surface area contributed by atoms with Crippen molar-refractivity contribution in [3.8, 4) is 0 Å². The fraction of sp³-hybridized carbons (Fsp3) is 0.615. The molecule has 1 aromatic heterocycles. The van der Waals surface area contributed by atoms with Gasteiger partial charge in [-0.05, 0) is 38.9 Å². The van der Waals surface area contributed by atoms with Crippen LogP contribution >= 0.6 is 11.6 Å². The largest absolute Gasteiger partial charge is 0.326 e. The minimum Gasteiger partial charge on any atom is -0.326 e. The van der Waals surface area contributed by atoms with Crippen molar-refractivity contribution in [3.63, 3.8) is 0 Å². The van der Waals surface area contributed by atoms with E-state index in [4.69, 9.17) is 11.6 Å². The average Bonchev–Trinajstić information content (AvgIpc) is 2.41. The maximum atomic E-state index is 12.5. The van der Waals surface area contributed by atoms with Crippen molar-refractivity contribution in [2.75, 3.05) is 33.7 Å². The molecule has 8 heteroatoms. The third kappa shape index (κ3) is 3.85. The summed E-state index contributed by atoms with van der Waals surface area (Å²) in [7, 11) is 0.451. The van der Waals surface area contributed by atoms with Gasteiger partial charge in [-0.2, -0.15) is 4.31 Å². The van der Waals surface area contributed by atoms with Crippen LogP contribution in [0.5, 0.6) is 0 Å². The van der Waals surface area contributed by atoms with Crippen molar-refractivity contribution in [1.82, 2.24) is 14.2 Å². The number of nitrogens with one attached hydrogen (secondary N) is 1. The molecule has 1 aliphatic heterocycles. The van der Waals surface area contributed by atoms with E-state index >= 15 is 0 Å². The Hall–Kier alpha value is -0.890. The summed E-state index contributed by atoms with van der Waals surface area (Å²) < 4.78 is 26.5. The van der Waals surface area contributed by atoms with E-state index in [0.29, 0.717) is 19.0 Å². The molecule has 1 fully saturated rings. The first-order valence-electron chi connectivity index (χ1n) is 6.84.